The first-order valence-electron chi connectivity index (χ1n) is 6.22. The van der Waals surface area contributed by atoms with Gasteiger partial charge in [0.05, 0.1) is 23.8 Å². The second-order valence-corrected chi connectivity index (χ2v) is 4.04. The molecule has 0 N–H and O–H groups in total. The van der Waals surface area contributed by atoms with Crippen LogP contribution in [0.4, 0.5) is 0 Å². The van der Waals surface area contributed by atoms with Gasteiger partial charge in [0.1, 0.15) is 0 Å². The first-order valence-corrected chi connectivity index (χ1v) is 6.22. The van der Waals surface area contributed by atoms with E-state index < -0.39 is 5.92 Å². The molecule has 2 aromatic rings. The molecule has 0 aromatic heterocycles. The van der Waals surface area contributed by atoms with Gasteiger partial charge in [-0.3, -0.25) is 0 Å². The normalized spacial score (nSPS) is 8.48. The van der Waals surface area contributed by atoms with E-state index in [1.807, 2.05) is 48.5 Å². The molecule has 0 fully saturated rings. The van der Waals surface area contributed by atoms with Gasteiger partial charge >= 0.3 is 0 Å². The Kier molecular flexibility index (Phi) is 6.51. The highest BCUT2D eigenvalue weighted by Gasteiger charge is 2.06. The van der Waals surface area contributed by atoms with Crippen LogP contribution in [0.2, 0.25) is 0 Å². The van der Waals surface area contributed by atoms with Crippen molar-refractivity contribution in [1.82, 2.24) is 0 Å². The fraction of sp³-hybridized carbons (Fsp3) is 0.0556. The van der Waals surface area contributed by atoms with Crippen molar-refractivity contribution in [2.75, 3.05) is 0 Å². The highest BCUT2D eigenvalue weighted by atomic mass is 14.3. The monoisotopic (exact) mass is 271 g/mol. The molecule has 0 saturated heterocycles. The molecule has 3 nitrogen and oxygen atoms in total. The molecule has 0 spiro atoms. The molecule has 0 atom stereocenters. The predicted molar refractivity (Wildman–Crippen MR) is 81.7 cm³/mol. The zero-order valence-electron chi connectivity index (χ0n) is 11.4. The number of nitrogens with zero attached hydrogens (tertiary/aromatic N) is 3. The van der Waals surface area contributed by atoms with Crippen molar-refractivity contribution in [3.8, 4) is 18.2 Å². The number of nitriles is 3. The molecule has 0 bridgehead atoms. The average molecular weight is 271 g/mol. The molecule has 0 unspecified atom stereocenters. The summed E-state index contributed by atoms with van der Waals surface area (Å²) in [5.74, 6) is -0.629. The maximum atomic E-state index is 8.51. The lowest BCUT2D eigenvalue weighted by Crippen LogP contribution is -1.89. The zero-order valence-corrected chi connectivity index (χ0v) is 11.4. The van der Waals surface area contributed by atoms with E-state index in [0.717, 1.165) is 11.1 Å². The molecule has 0 aliphatic heterocycles. The standard InChI is InChI=1S/C9H6N2.C9H7N/c10-6-9(7-11)8-4-2-1-3-5-8;1-2-8-3-5-9(7-10)6-4-8/h1-5,9H;2-6H,1H2. The van der Waals surface area contributed by atoms with Gasteiger partial charge in [-0.05, 0) is 23.3 Å². The molecular weight excluding hydrogens is 258 g/mol. The first-order chi connectivity index (χ1) is 10.2. The topological polar surface area (TPSA) is 71.4 Å². The van der Waals surface area contributed by atoms with Crippen molar-refractivity contribution >= 4 is 6.08 Å². The van der Waals surface area contributed by atoms with Gasteiger partial charge in [0.15, 0.2) is 5.92 Å². The summed E-state index contributed by atoms with van der Waals surface area (Å²) >= 11 is 0. The maximum absolute atomic E-state index is 8.51. The Hall–Kier alpha value is -3.35. The van der Waals surface area contributed by atoms with Crippen LogP contribution >= 0.6 is 0 Å². The molecule has 0 aliphatic carbocycles. The Morgan fingerprint density at radius 3 is 1.86 bits per heavy atom. The number of hydrogen-bond donors (Lipinski definition) is 0. The number of hydrogen-bond acceptors (Lipinski definition) is 3. The molecule has 2 rings (SSSR count). The Labute approximate surface area is 124 Å². The molecule has 0 radical (unpaired) electrons. The lowest BCUT2D eigenvalue weighted by molar-refractivity contribution is 1.10. The van der Waals surface area contributed by atoms with Crippen LogP contribution in [0.25, 0.3) is 6.08 Å². The molecule has 3 heteroatoms. The Bertz CT molecular complexity index is 681. The van der Waals surface area contributed by atoms with E-state index in [9.17, 15) is 0 Å². The molecular formula is C18H13N3. The minimum atomic E-state index is -0.629. The summed E-state index contributed by atoms with van der Waals surface area (Å²) in [4.78, 5) is 0. The van der Waals surface area contributed by atoms with Crippen molar-refractivity contribution in [2.24, 2.45) is 0 Å². The Morgan fingerprint density at radius 2 is 1.43 bits per heavy atom. The van der Waals surface area contributed by atoms with Crippen LogP contribution in [0.15, 0.2) is 61.2 Å². The van der Waals surface area contributed by atoms with Crippen molar-refractivity contribution in [3.05, 3.63) is 77.9 Å². The minimum absolute atomic E-state index is 0.629. The fourth-order valence-electron chi connectivity index (χ4n) is 1.52. The Balaban J connectivity index is 0.000000211. The van der Waals surface area contributed by atoms with Gasteiger partial charge in [0, 0.05) is 0 Å². The SMILES string of the molecule is C=Cc1ccc(C#N)cc1.N#CC(C#N)c1ccccc1. The van der Waals surface area contributed by atoms with Crippen molar-refractivity contribution in [3.63, 3.8) is 0 Å². The molecule has 2 aromatic carbocycles. The van der Waals surface area contributed by atoms with Crippen LogP contribution < -0.4 is 0 Å². The van der Waals surface area contributed by atoms with Gasteiger partial charge in [-0.1, -0.05) is 55.1 Å². The number of rotatable bonds is 2. The van der Waals surface area contributed by atoms with Crippen LogP contribution in [0.3, 0.4) is 0 Å². The smallest absolute Gasteiger partial charge is 0.158 e. The third kappa shape index (κ3) is 5.03. The summed E-state index contributed by atoms with van der Waals surface area (Å²) in [6, 6.07) is 22.2. The van der Waals surface area contributed by atoms with Crippen LogP contribution in [-0.4, -0.2) is 0 Å². The summed E-state index contributed by atoms with van der Waals surface area (Å²) in [5, 5.41) is 25.4. The number of benzene rings is 2. The predicted octanol–water partition coefficient (Wildman–Crippen LogP) is 4.02. The van der Waals surface area contributed by atoms with Gasteiger partial charge in [-0.25, -0.2) is 0 Å². The average Bonchev–Trinajstić information content (AvgIpc) is 2.57. The second kappa shape index (κ2) is 8.70. The molecule has 100 valence electrons. The van der Waals surface area contributed by atoms with Gasteiger partial charge in [0.25, 0.3) is 0 Å². The van der Waals surface area contributed by atoms with Gasteiger partial charge in [0.2, 0.25) is 0 Å². The van der Waals surface area contributed by atoms with Crippen LogP contribution in [-0.2, 0) is 0 Å². The highest BCUT2D eigenvalue weighted by Crippen LogP contribution is 2.12. The molecule has 0 aliphatic rings. The quantitative estimate of drug-likeness (QED) is 0.828. The van der Waals surface area contributed by atoms with E-state index in [2.05, 4.69) is 6.58 Å². The summed E-state index contributed by atoms with van der Waals surface area (Å²) in [5.41, 5.74) is 2.49. The molecule has 0 saturated carbocycles. The van der Waals surface area contributed by atoms with E-state index in [4.69, 9.17) is 15.8 Å². The van der Waals surface area contributed by atoms with E-state index >= 15 is 0 Å². The summed E-state index contributed by atoms with van der Waals surface area (Å²) in [7, 11) is 0. The van der Waals surface area contributed by atoms with E-state index in [0.29, 0.717) is 5.56 Å². The summed E-state index contributed by atoms with van der Waals surface area (Å²) < 4.78 is 0. The molecule has 21 heavy (non-hydrogen) atoms. The second-order valence-electron chi connectivity index (χ2n) is 4.04. The van der Waals surface area contributed by atoms with Gasteiger partial charge in [-0.15, -0.1) is 0 Å². The highest BCUT2D eigenvalue weighted by molar-refractivity contribution is 5.48. The van der Waals surface area contributed by atoms with Crippen LogP contribution in [0, 0.1) is 34.0 Å². The molecule has 0 amide bonds. The molecule has 0 heterocycles. The Morgan fingerprint density at radius 1 is 0.857 bits per heavy atom. The van der Waals surface area contributed by atoms with Crippen molar-refractivity contribution in [2.45, 2.75) is 5.92 Å². The third-order valence-corrected chi connectivity index (χ3v) is 2.67. The van der Waals surface area contributed by atoms with Crippen molar-refractivity contribution in [1.29, 1.82) is 15.8 Å². The van der Waals surface area contributed by atoms with E-state index in [-0.39, 0.29) is 0 Å². The lowest BCUT2D eigenvalue weighted by atomic mass is 10.0. The van der Waals surface area contributed by atoms with E-state index in [1.54, 1.807) is 30.3 Å². The lowest BCUT2D eigenvalue weighted by Gasteiger charge is -1.96. The van der Waals surface area contributed by atoms with Crippen LogP contribution in [0.5, 0.6) is 0 Å². The zero-order chi connectivity index (χ0) is 15.5. The van der Waals surface area contributed by atoms with Crippen molar-refractivity contribution < 1.29 is 0 Å². The first kappa shape index (κ1) is 15.7. The van der Waals surface area contributed by atoms with Gasteiger partial charge in [-0.2, -0.15) is 15.8 Å². The fourth-order valence-corrected chi connectivity index (χ4v) is 1.52. The van der Waals surface area contributed by atoms with Gasteiger partial charge < -0.3 is 0 Å². The minimum Gasteiger partial charge on any atom is -0.196 e. The van der Waals surface area contributed by atoms with Crippen LogP contribution in [0.1, 0.15) is 22.6 Å². The maximum Gasteiger partial charge on any atom is 0.158 e. The van der Waals surface area contributed by atoms with E-state index in [1.165, 1.54) is 0 Å². The summed E-state index contributed by atoms with van der Waals surface area (Å²) in [6.45, 7) is 3.60. The largest absolute Gasteiger partial charge is 0.196 e. The third-order valence-electron chi connectivity index (χ3n) is 2.67. The summed E-state index contributed by atoms with van der Waals surface area (Å²) in [6.07, 6.45) is 1.75.